The van der Waals surface area contributed by atoms with Crippen LogP contribution in [0.25, 0.3) is 0 Å². The van der Waals surface area contributed by atoms with Gasteiger partial charge >= 0.3 is 0 Å². The number of aryl methyl sites for hydroxylation is 1. The molecule has 0 aliphatic carbocycles. The number of carbonyl (C=O) groups is 2. The summed E-state index contributed by atoms with van der Waals surface area (Å²) in [6.07, 6.45) is 2.79. The number of anilines is 2. The van der Waals surface area contributed by atoms with Gasteiger partial charge in [-0.3, -0.25) is 19.8 Å². The molecule has 3 heterocycles. The maximum Gasteiger partial charge on any atom is 0.269 e. The number of nitrogens with zero attached hydrogens (tertiary/aromatic N) is 4. The van der Waals surface area contributed by atoms with Crippen molar-refractivity contribution in [2.24, 2.45) is 5.92 Å². The first-order valence-electron chi connectivity index (χ1n) is 9.37. The maximum absolute atomic E-state index is 12.7. The molecular formula is C18H25N5O3S2. The predicted molar refractivity (Wildman–Crippen MR) is 110 cm³/mol. The second kappa shape index (κ2) is 9.06. The van der Waals surface area contributed by atoms with Crippen molar-refractivity contribution in [2.45, 2.75) is 53.1 Å². The summed E-state index contributed by atoms with van der Waals surface area (Å²) in [5, 5.41) is 12.7. The van der Waals surface area contributed by atoms with Crippen molar-refractivity contribution in [3.05, 3.63) is 15.6 Å². The lowest BCUT2D eigenvalue weighted by atomic mass is 10.1. The van der Waals surface area contributed by atoms with Crippen molar-refractivity contribution in [3.63, 3.8) is 0 Å². The first kappa shape index (κ1) is 20.8. The lowest BCUT2D eigenvalue weighted by Gasteiger charge is -2.18. The van der Waals surface area contributed by atoms with Crippen molar-refractivity contribution in [2.75, 3.05) is 23.4 Å². The third kappa shape index (κ3) is 4.92. The first-order valence-corrected chi connectivity index (χ1v) is 11.0. The molecule has 1 atom stereocenters. The average Bonchev–Trinajstić information content (AvgIpc) is 3.34. The summed E-state index contributed by atoms with van der Waals surface area (Å²) in [4.78, 5) is 31.3. The zero-order chi connectivity index (χ0) is 20.3. The second-order valence-electron chi connectivity index (χ2n) is 7.17. The molecule has 2 aromatic rings. The standard InChI is InChI=1S/C18H25N5O3S2/c1-10(2)7-8-23(12(4)24)18-19-11(3)14(27-18)15(25)20-17-22-21-16(28-17)13-6-5-9-26-13/h10,13H,5-9H2,1-4H3,(H,20,22,25). The van der Waals surface area contributed by atoms with Gasteiger partial charge in [-0.25, -0.2) is 4.98 Å². The topological polar surface area (TPSA) is 97.3 Å². The van der Waals surface area contributed by atoms with E-state index in [1.165, 1.54) is 29.6 Å². The molecule has 28 heavy (non-hydrogen) atoms. The Balaban J connectivity index is 1.71. The molecule has 3 rings (SSSR count). The molecule has 1 aliphatic heterocycles. The van der Waals surface area contributed by atoms with Gasteiger partial charge in [0.25, 0.3) is 5.91 Å². The number of rotatable bonds is 7. The molecule has 0 radical (unpaired) electrons. The van der Waals surface area contributed by atoms with Crippen LogP contribution in [-0.4, -0.2) is 40.1 Å². The normalized spacial score (nSPS) is 16.5. The summed E-state index contributed by atoms with van der Waals surface area (Å²) < 4.78 is 5.60. The molecule has 2 aromatic heterocycles. The highest BCUT2D eigenvalue weighted by Gasteiger charge is 2.24. The van der Waals surface area contributed by atoms with Gasteiger partial charge in [-0.2, -0.15) is 0 Å². The van der Waals surface area contributed by atoms with Gasteiger partial charge in [0.05, 0.1) is 5.69 Å². The fraction of sp³-hybridized carbons (Fsp3) is 0.611. The van der Waals surface area contributed by atoms with Crippen molar-refractivity contribution >= 4 is 44.8 Å². The van der Waals surface area contributed by atoms with E-state index in [0.717, 1.165) is 30.9 Å². The molecule has 10 heteroatoms. The van der Waals surface area contributed by atoms with E-state index >= 15 is 0 Å². The van der Waals surface area contributed by atoms with Crippen LogP contribution < -0.4 is 10.2 Å². The predicted octanol–water partition coefficient (Wildman–Crippen LogP) is 3.81. The average molecular weight is 424 g/mol. The molecular weight excluding hydrogens is 398 g/mol. The molecule has 152 valence electrons. The maximum atomic E-state index is 12.7. The molecule has 8 nitrogen and oxygen atoms in total. The third-order valence-corrected chi connectivity index (χ3v) is 6.51. The highest BCUT2D eigenvalue weighted by Crippen LogP contribution is 2.33. The van der Waals surface area contributed by atoms with Crippen LogP contribution in [-0.2, 0) is 9.53 Å². The van der Waals surface area contributed by atoms with Gasteiger partial charge < -0.3 is 4.74 Å². The summed E-state index contributed by atoms with van der Waals surface area (Å²) in [5.41, 5.74) is 0.595. The molecule has 0 aromatic carbocycles. The Bertz CT molecular complexity index is 842. The Morgan fingerprint density at radius 2 is 2.11 bits per heavy atom. The van der Waals surface area contributed by atoms with E-state index in [4.69, 9.17) is 4.74 Å². The van der Waals surface area contributed by atoms with Crippen LogP contribution in [0.5, 0.6) is 0 Å². The molecule has 0 saturated carbocycles. The van der Waals surface area contributed by atoms with Crippen LogP contribution in [0.2, 0.25) is 0 Å². The number of nitrogens with one attached hydrogen (secondary N) is 1. The Kier molecular flexibility index (Phi) is 6.73. The molecule has 1 saturated heterocycles. The monoisotopic (exact) mass is 423 g/mol. The number of carbonyl (C=O) groups excluding carboxylic acids is 2. The summed E-state index contributed by atoms with van der Waals surface area (Å²) >= 11 is 2.55. The van der Waals surface area contributed by atoms with Crippen LogP contribution in [0.4, 0.5) is 10.3 Å². The van der Waals surface area contributed by atoms with Crippen LogP contribution in [0.1, 0.15) is 66.5 Å². The van der Waals surface area contributed by atoms with Crippen LogP contribution in [0.15, 0.2) is 0 Å². The molecule has 1 N–H and O–H groups in total. The van der Waals surface area contributed by atoms with Crippen molar-refractivity contribution in [3.8, 4) is 0 Å². The fourth-order valence-corrected chi connectivity index (χ4v) is 4.68. The van der Waals surface area contributed by atoms with E-state index in [0.29, 0.717) is 33.3 Å². The number of ether oxygens (including phenoxy) is 1. The number of aromatic nitrogens is 3. The molecule has 2 amide bonds. The Labute approximate surface area is 172 Å². The number of hydrogen-bond acceptors (Lipinski definition) is 8. The Morgan fingerprint density at radius 3 is 2.75 bits per heavy atom. The van der Waals surface area contributed by atoms with Crippen molar-refractivity contribution in [1.82, 2.24) is 15.2 Å². The van der Waals surface area contributed by atoms with E-state index in [9.17, 15) is 9.59 Å². The zero-order valence-electron chi connectivity index (χ0n) is 16.5. The van der Waals surface area contributed by atoms with Gasteiger partial charge in [0, 0.05) is 20.1 Å². The van der Waals surface area contributed by atoms with E-state index in [-0.39, 0.29) is 17.9 Å². The van der Waals surface area contributed by atoms with Gasteiger partial charge in [0.15, 0.2) is 5.13 Å². The van der Waals surface area contributed by atoms with Gasteiger partial charge in [-0.1, -0.05) is 36.5 Å². The summed E-state index contributed by atoms with van der Waals surface area (Å²) in [7, 11) is 0. The molecule has 0 spiro atoms. The highest BCUT2D eigenvalue weighted by atomic mass is 32.1. The number of amides is 2. The smallest absolute Gasteiger partial charge is 0.269 e. The van der Waals surface area contributed by atoms with Gasteiger partial charge in [-0.15, -0.1) is 10.2 Å². The Hall–Kier alpha value is -1.91. The summed E-state index contributed by atoms with van der Waals surface area (Å²) in [6, 6.07) is 0. The minimum atomic E-state index is -0.288. The van der Waals surface area contributed by atoms with Crippen LogP contribution in [0.3, 0.4) is 0 Å². The van der Waals surface area contributed by atoms with E-state index in [2.05, 4.69) is 34.3 Å². The van der Waals surface area contributed by atoms with Gasteiger partial charge in [-0.05, 0) is 32.1 Å². The quantitative estimate of drug-likeness (QED) is 0.727. The molecule has 1 unspecified atom stereocenters. The van der Waals surface area contributed by atoms with Gasteiger partial charge in [0.2, 0.25) is 11.0 Å². The van der Waals surface area contributed by atoms with Crippen LogP contribution in [0, 0.1) is 12.8 Å². The zero-order valence-corrected chi connectivity index (χ0v) is 18.2. The van der Waals surface area contributed by atoms with Gasteiger partial charge in [0.1, 0.15) is 16.0 Å². The highest BCUT2D eigenvalue weighted by molar-refractivity contribution is 7.18. The largest absolute Gasteiger partial charge is 0.371 e. The molecule has 0 bridgehead atoms. The lowest BCUT2D eigenvalue weighted by Crippen LogP contribution is -2.30. The van der Waals surface area contributed by atoms with Crippen LogP contribution >= 0.6 is 22.7 Å². The first-order chi connectivity index (χ1) is 13.3. The second-order valence-corrected chi connectivity index (χ2v) is 9.15. The fourth-order valence-electron chi connectivity index (χ4n) is 2.82. The molecule has 1 fully saturated rings. The van der Waals surface area contributed by atoms with Crippen molar-refractivity contribution < 1.29 is 14.3 Å². The number of thiazole rings is 1. The van der Waals surface area contributed by atoms with E-state index in [1.807, 2.05) is 0 Å². The minimum absolute atomic E-state index is 0.0232. The summed E-state index contributed by atoms with van der Waals surface area (Å²) in [6.45, 7) is 8.83. The number of hydrogen-bond donors (Lipinski definition) is 1. The SMILES string of the molecule is CC(=O)N(CCC(C)C)c1nc(C)c(C(=O)Nc2nnc(C3CCCO3)s2)s1. The minimum Gasteiger partial charge on any atom is -0.371 e. The molecule has 1 aliphatic rings. The third-order valence-electron chi connectivity index (χ3n) is 4.40. The van der Waals surface area contributed by atoms with E-state index in [1.54, 1.807) is 11.8 Å². The lowest BCUT2D eigenvalue weighted by molar-refractivity contribution is -0.116. The Morgan fingerprint density at radius 1 is 1.32 bits per heavy atom. The van der Waals surface area contributed by atoms with E-state index < -0.39 is 0 Å². The van der Waals surface area contributed by atoms with Crippen molar-refractivity contribution in [1.29, 1.82) is 0 Å². The summed E-state index contributed by atoms with van der Waals surface area (Å²) in [5.74, 6) is 0.108.